The molecule has 0 spiro atoms. The maximum atomic E-state index is 12.3. The molecule has 1 N–H and O–H groups in total. The van der Waals surface area contributed by atoms with E-state index in [-0.39, 0.29) is 13.1 Å². The first-order valence-corrected chi connectivity index (χ1v) is 8.64. The highest BCUT2D eigenvalue weighted by atomic mass is 35.5. The van der Waals surface area contributed by atoms with Gasteiger partial charge in [-0.25, -0.2) is 9.48 Å². The molecule has 3 rings (SSSR count). The molecule has 140 valence electrons. The van der Waals surface area contributed by atoms with E-state index in [1.165, 1.54) is 22.4 Å². The van der Waals surface area contributed by atoms with Gasteiger partial charge in [-0.05, 0) is 30.3 Å². The Balaban J connectivity index is 1.62. The number of aromatic nitrogens is 3. The van der Waals surface area contributed by atoms with E-state index in [0.29, 0.717) is 21.4 Å². The number of pyridine rings is 1. The Hall–Kier alpha value is -2.84. The van der Waals surface area contributed by atoms with Crippen LogP contribution in [0.2, 0.25) is 10.0 Å². The molecule has 8 nitrogen and oxygen atoms in total. The summed E-state index contributed by atoms with van der Waals surface area (Å²) in [7, 11) is 1.47. The number of carbonyl (C=O) groups is 2. The third-order valence-corrected chi connectivity index (χ3v) is 4.52. The Bertz CT molecular complexity index is 1080. The second-order valence-corrected chi connectivity index (χ2v) is 6.61. The van der Waals surface area contributed by atoms with Gasteiger partial charge in [-0.15, -0.1) is 5.10 Å². The minimum absolute atomic E-state index is 0.193. The number of anilines is 1. The van der Waals surface area contributed by atoms with Crippen molar-refractivity contribution in [3.63, 3.8) is 0 Å². The number of amides is 2. The van der Waals surface area contributed by atoms with E-state index in [0.717, 1.165) is 4.68 Å². The van der Waals surface area contributed by atoms with Crippen molar-refractivity contribution in [2.45, 2.75) is 6.54 Å². The number of hydrogen-bond acceptors (Lipinski definition) is 4. The molecule has 0 atom stereocenters. The second kappa shape index (κ2) is 7.81. The molecule has 0 aliphatic carbocycles. The Morgan fingerprint density at radius 2 is 1.96 bits per heavy atom. The zero-order valence-electron chi connectivity index (χ0n) is 14.2. The maximum Gasteiger partial charge on any atom is 0.350 e. The lowest BCUT2D eigenvalue weighted by Crippen LogP contribution is -2.38. The highest BCUT2D eigenvalue weighted by Crippen LogP contribution is 2.24. The number of nitrogens with zero attached hydrogens (tertiary/aromatic N) is 4. The lowest BCUT2D eigenvalue weighted by atomic mass is 10.3. The van der Waals surface area contributed by atoms with Crippen LogP contribution in [-0.2, 0) is 16.1 Å². The summed E-state index contributed by atoms with van der Waals surface area (Å²) in [6.45, 7) is -0.460. The molecule has 2 heterocycles. The molecule has 10 heteroatoms. The van der Waals surface area contributed by atoms with Gasteiger partial charge in [0.1, 0.15) is 6.54 Å². The molecule has 0 saturated heterocycles. The average molecular weight is 408 g/mol. The first kappa shape index (κ1) is 18.9. The van der Waals surface area contributed by atoms with Gasteiger partial charge in [0.25, 0.3) is 0 Å². The third kappa shape index (κ3) is 4.29. The van der Waals surface area contributed by atoms with E-state index in [4.69, 9.17) is 23.2 Å². The van der Waals surface area contributed by atoms with Gasteiger partial charge in [0.15, 0.2) is 5.65 Å². The molecule has 1 aromatic carbocycles. The topological polar surface area (TPSA) is 88.7 Å². The van der Waals surface area contributed by atoms with E-state index in [1.54, 1.807) is 36.5 Å². The monoisotopic (exact) mass is 407 g/mol. The third-order valence-electron chi connectivity index (χ3n) is 3.78. The van der Waals surface area contributed by atoms with Crippen LogP contribution in [-0.4, -0.2) is 44.5 Å². The summed E-state index contributed by atoms with van der Waals surface area (Å²) in [5, 5.41) is 7.40. The zero-order chi connectivity index (χ0) is 19.6. The molecule has 3 aromatic rings. The number of rotatable bonds is 5. The van der Waals surface area contributed by atoms with Crippen molar-refractivity contribution in [2.75, 3.05) is 18.9 Å². The Labute approximate surface area is 163 Å². The van der Waals surface area contributed by atoms with Crippen LogP contribution in [0.4, 0.5) is 5.69 Å². The lowest BCUT2D eigenvalue weighted by molar-refractivity contribution is -0.134. The van der Waals surface area contributed by atoms with Gasteiger partial charge < -0.3 is 10.2 Å². The maximum absolute atomic E-state index is 12.3. The van der Waals surface area contributed by atoms with Crippen molar-refractivity contribution in [2.24, 2.45) is 0 Å². The van der Waals surface area contributed by atoms with E-state index >= 15 is 0 Å². The number of hydrogen-bond donors (Lipinski definition) is 1. The zero-order valence-corrected chi connectivity index (χ0v) is 15.7. The van der Waals surface area contributed by atoms with Crippen molar-refractivity contribution in [3.8, 4) is 0 Å². The minimum atomic E-state index is -0.426. The molecule has 2 amide bonds. The predicted molar refractivity (Wildman–Crippen MR) is 102 cm³/mol. The smallest absolute Gasteiger partial charge is 0.335 e. The summed E-state index contributed by atoms with van der Waals surface area (Å²) in [5.74, 6) is -0.837. The molecule has 0 aliphatic rings. The summed E-state index contributed by atoms with van der Waals surface area (Å²) in [4.78, 5) is 37.9. The highest BCUT2D eigenvalue weighted by molar-refractivity contribution is 6.42. The summed E-state index contributed by atoms with van der Waals surface area (Å²) >= 11 is 11.7. The van der Waals surface area contributed by atoms with Crippen LogP contribution < -0.4 is 11.0 Å². The van der Waals surface area contributed by atoms with Gasteiger partial charge in [-0.3, -0.25) is 14.0 Å². The van der Waals surface area contributed by atoms with E-state index in [9.17, 15) is 14.4 Å². The van der Waals surface area contributed by atoms with Crippen molar-refractivity contribution in [1.82, 2.24) is 19.1 Å². The molecule has 0 aliphatic heterocycles. The van der Waals surface area contributed by atoms with Gasteiger partial charge in [0.05, 0.1) is 16.6 Å². The van der Waals surface area contributed by atoms with Crippen LogP contribution in [0.1, 0.15) is 0 Å². The summed E-state index contributed by atoms with van der Waals surface area (Å²) in [6.07, 6.45) is 1.57. The van der Waals surface area contributed by atoms with Gasteiger partial charge >= 0.3 is 5.69 Å². The average Bonchev–Trinajstić information content (AvgIpc) is 2.94. The molecule has 2 aromatic heterocycles. The number of nitrogens with one attached hydrogen (secondary N) is 1. The van der Waals surface area contributed by atoms with E-state index < -0.39 is 17.5 Å². The first-order valence-electron chi connectivity index (χ1n) is 7.88. The molecule has 0 fully saturated rings. The Morgan fingerprint density at radius 3 is 2.67 bits per heavy atom. The summed E-state index contributed by atoms with van der Waals surface area (Å²) in [5.41, 5.74) is 0.481. The largest absolute Gasteiger partial charge is 0.350 e. The van der Waals surface area contributed by atoms with Crippen LogP contribution in [0.25, 0.3) is 5.65 Å². The standard InChI is InChI=1S/C17H15Cl2N5O3/c1-22(9-15(25)20-11-5-6-12(18)13(19)8-11)16(26)10-24-17(27)23-7-3-2-4-14(23)21-24/h2-8H,9-10H2,1H3,(H,20,25). The molecular weight excluding hydrogens is 393 g/mol. The fourth-order valence-corrected chi connectivity index (χ4v) is 2.70. The Kier molecular flexibility index (Phi) is 5.48. The fourth-order valence-electron chi connectivity index (χ4n) is 2.40. The van der Waals surface area contributed by atoms with Crippen LogP contribution in [0.3, 0.4) is 0 Å². The molecule has 0 bridgehead atoms. The van der Waals surface area contributed by atoms with Gasteiger partial charge in [0, 0.05) is 18.9 Å². The van der Waals surface area contributed by atoms with Crippen molar-refractivity contribution >= 4 is 46.4 Å². The van der Waals surface area contributed by atoms with Crippen LogP contribution in [0.5, 0.6) is 0 Å². The van der Waals surface area contributed by atoms with E-state index in [1.807, 2.05) is 0 Å². The highest BCUT2D eigenvalue weighted by Gasteiger charge is 2.16. The second-order valence-electron chi connectivity index (χ2n) is 5.80. The number of carbonyl (C=O) groups excluding carboxylic acids is 2. The normalized spacial score (nSPS) is 10.8. The number of halogens is 2. The van der Waals surface area contributed by atoms with Crippen LogP contribution in [0, 0.1) is 0 Å². The van der Waals surface area contributed by atoms with Crippen molar-refractivity contribution in [1.29, 1.82) is 0 Å². The minimum Gasteiger partial charge on any atom is -0.335 e. The lowest BCUT2D eigenvalue weighted by Gasteiger charge is -2.16. The van der Waals surface area contributed by atoms with Crippen molar-refractivity contribution < 1.29 is 9.59 Å². The number of likely N-dealkylation sites (N-methyl/N-ethyl adjacent to an activating group) is 1. The number of fused-ring (bicyclic) bond motifs is 1. The molecular formula is C17H15Cl2N5O3. The van der Waals surface area contributed by atoms with E-state index in [2.05, 4.69) is 10.4 Å². The first-order chi connectivity index (χ1) is 12.8. The Morgan fingerprint density at radius 1 is 1.19 bits per heavy atom. The van der Waals surface area contributed by atoms with Gasteiger partial charge in [-0.1, -0.05) is 29.3 Å². The quantitative estimate of drug-likeness (QED) is 0.699. The number of benzene rings is 1. The van der Waals surface area contributed by atoms with Gasteiger partial charge in [-0.2, -0.15) is 0 Å². The SMILES string of the molecule is CN(CC(=O)Nc1ccc(Cl)c(Cl)c1)C(=O)Cn1nc2ccccn2c1=O. The summed E-state index contributed by atoms with van der Waals surface area (Å²) < 4.78 is 2.40. The summed E-state index contributed by atoms with van der Waals surface area (Å²) in [6, 6.07) is 9.78. The van der Waals surface area contributed by atoms with Crippen LogP contribution >= 0.6 is 23.2 Å². The van der Waals surface area contributed by atoms with Crippen LogP contribution in [0.15, 0.2) is 47.4 Å². The predicted octanol–water partition coefficient (Wildman–Crippen LogP) is 1.90. The molecule has 0 unspecified atom stereocenters. The van der Waals surface area contributed by atoms with Gasteiger partial charge in [0.2, 0.25) is 11.8 Å². The molecule has 0 saturated carbocycles. The van der Waals surface area contributed by atoms with Crippen molar-refractivity contribution in [3.05, 3.63) is 63.1 Å². The molecule has 0 radical (unpaired) electrons. The fraction of sp³-hybridized carbons (Fsp3) is 0.176. The molecule has 27 heavy (non-hydrogen) atoms.